The number of anilines is 2. The maximum atomic E-state index is 12.6. The number of morpholine rings is 1. The molecule has 134 valence electrons. The molecule has 1 amide bonds. The summed E-state index contributed by atoms with van der Waals surface area (Å²) in [4.78, 5) is 18.7. The summed E-state index contributed by atoms with van der Waals surface area (Å²) in [5, 5.41) is 3.58. The quantitative estimate of drug-likeness (QED) is 0.777. The van der Waals surface area contributed by atoms with Gasteiger partial charge in [0.25, 0.3) is 5.91 Å². The predicted molar refractivity (Wildman–Crippen MR) is 98.0 cm³/mol. The lowest BCUT2D eigenvalue weighted by molar-refractivity contribution is 0.0998. The molecule has 1 N–H and O–H groups in total. The number of hydrogen-bond donors (Lipinski definition) is 1. The SMILES string of the molecule is COc1ccc(N2CCOCC2)c2oc(C(=O)Nc3ccncc3)cc12. The first-order valence-corrected chi connectivity index (χ1v) is 8.41. The second-order valence-corrected chi connectivity index (χ2v) is 5.93. The van der Waals surface area contributed by atoms with Crippen LogP contribution in [0.1, 0.15) is 10.6 Å². The van der Waals surface area contributed by atoms with Crippen LogP contribution in [0.4, 0.5) is 11.4 Å². The Kier molecular flexibility index (Phi) is 4.45. The van der Waals surface area contributed by atoms with Gasteiger partial charge in [-0.15, -0.1) is 0 Å². The summed E-state index contributed by atoms with van der Waals surface area (Å²) in [7, 11) is 1.60. The van der Waals surface area contributed by atoms with Crippen molar-refractivity contribution < 1.29 is 18.7 Å². The molecule has 1 aliphatic rings. The van der Waals surface area contributed by atoms with Crippen molar-refractivity contribution in [3.63, 3.8) is 0 Å². The minimum atomic E-state index is -0.317. The first kappa shape index (κ1) is 16.4. The van der Waals surface area contributed by atoms with Crippen molar-refractivity contribution in [3.8, 4) is 5.75 Å². The van der Waals surface area contributed by atoms with Crippen molar-refractivity contribution in [2.45, 2.75) is 0 Å². The second kappa shape index (κ2) is 7.05. The molecule has 7 heteroatoms. The Labute approximate surface area is 150 Å². The summed E-state index contributed by atoms with van der Waals surface area (Å²) in [5.41, 5.74) is 2.24. The van der Waals surface area contributed by atoms with Gasteiger partial charge in [0.2, 0.25) is 0 Å². The lowest BCUT2D eigenvalue weighted by atomic mass is 10.2. The summed E-state index contributed by atoms with van der Waals surface area (Å²) in [6, 6.07) is 9.02. The van der Waals surface area contributed by atoms with Crippen LogP contribution < -0.4 is 15.0 Å². The van der Waals surface area contributed by atoms with Crippen LogP contribution in [0.3, 0.4) is 0 Å². The molecule has 3 heterocycles. The molecule has 1 aromatic carbocycles. The van der Waals surface area contributed by atoms with Gasteiger partial charge >= 0.3 is 0 Å². The van der Waals surface area contributed by atoms with Crippen LogP contribution in [0.5, 0.6) is 5.75 Å². The number of fused-ring (bicyclic) bond motifs is 1. The van der Waals surface area contributed by atoms with Gasteiger partial charge in [-0.05, 0) is 24.3 Å². The fourth-order valence-electron chi connectivity index (χ4n) is 3.06. The Morgan fingerprint density at radius 3 is 2.69 bits per heavy atom. The third kappa shape index (κ3) is 3.09. The molecule has 1 aliphatic heterocycles. The highest BCUT2D eigenvalue weighted by Crippen LogP contribution is 2.36. The Balaban J connectivity index is 1.71. The van der Waals surface area contributed by atoms with Crippen LogP contribution in [-0.2, 0) is 4.74 Å². The minimum absolute atomic E-state index is 0.232. The monoisotopic (exact) mass is 353 g/mol. The van der Waals surface area contributed by atoms with Gasteiger partial charge in [0.15, 0.2) is 11.3 Å². The molecule has 0 atom stereocenters. The van der Waals surface area contributed by atoms with Gasteiger partial charge in [-0.3, -0.25) is 9.78 Å². The van der Waals surface area contributed by atoms with Crippen LogP contribution >= 0.6 is 0 Å². The van der Waals surface area contributed by atoms with Crippen LogP contribution in [-0.4, -0.2) is 44.3 Å². The molecule has 4 rings (SSSR count). The van der Waals surface area contributed by atoms with E-state index in [9.17, 15) is 4.79 Å². The van der Waals surface area contributed by atoms with E-state index in [1.54, 1.807) is 37.7 Å². The summed E-state index contributed by atoms with van der Waals surface area (Å²) in [6.45, 7) is 2.90. The van der Waals surface area contributed by atoms with Crippen LogP contribution in [0.15, 0.2) is 47.1 Å². The Bertz CT molecular complexity index is 917. The van der Waals surface area contributed by atoms with Crippen molar-refractivity contribution in [2.75, 3.05) is 43.6 Å². The average molecular weight is 353 g/mol. The molecule has 26 heavy (non-hydrogen) atoms. The number of rotatable bonds is 4. The van der Waals surface area contributed by atoms with E-state index in [0.717, 1.165) is 24.2 Å². The predicted octanol–water partition coefficient (Wildman–Crippen LogP) is 2.93. The molecule has 7 nitrogen and oxygen atoms in total. The number of hydrogen-bond acceptors (Lipinski definition) is 6. The smallest absolute Gasteiger partial charge is 0.291 e. The molecule has 3 aromatic rings. The lowest BCUT2D eigenvalue weighted by Crippen LogP contribution is -2.36. The highest BCUT2D eigenvalue weighted by molar-refractivity contribution is 6.06. The Morgan fingerprint density at radius 1 is 1.19 bits per heavy atom. The van der Waals surface area contributed by atoms with Gasteiger partial charge < -0.3 is 24.1 Å². The molecule has 0 unspecified atom stereocenters. The summed E-state index contributed by atoms with van der Waals surface area (Å²) < 4.78 is 16.8. The van der Waals surface area contributed by atoms with Gasteiger partial charge in [-0.2, -0.15) is 0 Å². The minimum Gasteiger partial charge on any atom is -0.496 e. The van der Waals surface area contributed by atoms with Crippen LogP contribution in [0.25, 0.3) is 11.0 Å². The zero-order valence-corrected chi connectivity index (χ0v) is 14.4. The molecule has 2 aromatic heterocycles. The largest absolute Gasteiger partial charge is 0.496 e. The third-order valence-corrected chi connectivity index (χ3v) is 4.36. The molecular formula is C19H19N3O4. The van der Waals surface area contributed by atoms with E-state index in [1.165, 1.54) is 0 Å². The Hall–Kier alpha value is -3.06. The highest BCUT2D eigenvalue weighted by atomic mass is 16.5. The van der Waals surface area contributed by atoms with E-state index < -0.39 is 0 Å². The number of pyridine rings is 1. The highest BCUT2D eigenvalue weighted by Gasteiger charge is 2.21. The zero-order valence-electron chi connectivity index (χ0n) is 14.4. The molecule has 0 aliphatic carbocycles. The number of amides is 1. The second-order valence-electron chi connectivity index (χ2n) is 5.93. The molecule has 0 spiro atoms. The fourth-order valence-corrected chi connectivity index (χ4v) is 3.06. The number of methoxy groups -OCH3 is 1. The summed E-state index contributed by atoms with van der Waals surface area (Å²) in [5.74, 6) is 0.585. The van der Waals surface area contributed by atoms with Crippen molar-refractivity contribution in [1.82, 2.24) is 4.98 Å². The number of ether oxygens (including phenoxy) is 2. The van der Waals surface area contributed by atoms with Crippen molar-refractivity contribution in [3.05, 3.63) is 48.5 Å². The molecular weight excluding hydrogens is 334 g/mol. The average Bonchev–Trinajstić information content (AvgIpc) is 3.14. The van der Waals surface area contributed by atoms with E-state index in [-0.39, 0.29) is 11.7 Å². The molecule has 0 radical (unpaired) electrons. The summed E-state index contributed by atoms with van der Waals surface area (Å²) >= 11 is 0. The summed E-state index contributed by atoms with van der Waals surface area (Å²) in [6.07, 6.45) is 3.24. The zero-order chi connectivity index (χ0) is 17.9. The van der Waals surface area contributed by atoms with E-state index in [2.05, 4.69) is 15.2 Å². The van der Waals surface area contributed by atoms with Crippen molar-refractivity contribution in [1.29, 1.82) is 0 Å². The maximum Gasteiger partial charge on any atom is 0.291 e. The van der Waals surface area contributed by atoms with E-state index >= 15 is 0 Å². The molecule has 1 fully saturated rings. The number of carbonyl (C=O) groups is 1. The van der Waals surface area contributed by atoms with Gasteiger partial charge in [0, 0.05) is 37.2 Å². The number of aromatic nitrogens is 1. The van der Waals surface area contributed by atoms with Gasteiger partial charge in [0.1, 0.15) is 5.75 Å². The number of nitrogens with zero attached hydrogens (tertiary/aromatic N) is 2. The molecule has 0 bridgehead atoms. The van der Waals surface area contributed by atoms with Gasteiger partial charge in [-0.1, -0.05) is 0 Å². The van der Waals surface area contributed by atoms with Crippen molar-refractivity contribution >= 4 is 28.3 Å². The van der Waals surface area contributed by atoms with E-state index in [0.29, 0.717) is 30.2 Å². The number of nitrogens with one attached hydrogen (secondary N) is 1. The fraction of sp³-hybridized carbons (Fsp3) is 0.263. The molecule has 1 saturated heterocycles. The molecule has 0 saturated carbocycles. The van der Waals surface area contributed by atoms with Gasteiger partial charge in [0.05, 0.1) is 31.4 Å². The first-order chi connectivity index (χ1) is 12.8. The topological polar surface area (TPSA) is 76.8 Å². The maximum absolute atomic E-state index is 12.6. The number of furan rings is 1. The van der Waals surface area contributed by atoms with E-state index in [1.807, 2.05) is 12.1 Å². The normalized spacial score (nSPS) is 14.4. The van der Waals surface area contributed by atoms with Crippen molar-refractivity contribution in [2.24, 2.45) is 0 Å². The third-order valence-electron chi connectivity index (χ3n) is 4.36. The lowest BCUT2D eigenvalue weighted by Gasteiger charge is -2.28. The van der Waals surface area contributed by atoms with Crippen LogP contribution in [0, 0.1) is 0 Å². The Morgan fingerprint density at radius 2 is 1.96 bits per heavy atom. The van der Waals surface area contributed by atoms with Crippen LogP contribution in [0.2, 0.25) is 0 Å². The number of benzene rings is 1. The number of carbonyl (C=O) groups excluding carboxylic acids is 1. The standard InChI is InChI=1S/C19H19N3O4/c1-24-16-3-2-15(22-8-10-25-11-9-22)18-14(16)12-17(26-18)19(23)21-13-4-6-20-7-5-13/h2-7,12H,8-11H2,1H3,(H,20,21,23). The first-order valence-electron chi connectivity index (χ1n) is 8.41. The van der Waals surface area contributed by atoms with Gasteiger partial charge in [-0.25, -0.2) is 0 Å². The van der Waals surface area contributed by atoms with E-state index in [4.69, 9.17) is 13.9 Å².